The fraction of sp³-hybridized carbons (Fsp3) is 0.0847. The molecule has 290 valence electrons. The quantitative estimate of drug-likeness (QED) is 0.167. The minimum atomic E-state index is -0.232. The van der Waals surface area contributed by atoms with Gasteiger partial charge in [-0.15, -0.1) is 0 Å². The molecule has 0 unspecified atom stereocenters. The summed E-state index contributed by atoms with van der Waals surface area (Å²) in [6, 6.07) is 75.4. The SMILES string of the molecule is CC1(C)c2ccccc2-c2ccc(N(c3ccccc3)c3ccc(-c4cccc5c4oc4c(-c6ccc(C7(C)c8ccccc8-c8ccccc87)cc6)cccc45)cc3)cc21. The van der Waals surface area contributed by atoms with Crippen LogP contribution < -0.4 is 4.90 Å². The van der Waals surface area contributed by atoms with Gasteiger partial charge in [0.1, 0.15) is 11.2 Å². The van der Waals surface area contributed by atoms with Gasteiger partial charge in [-0.25, -0.2) is 0 Å². The fourth-order valence-corrected chi connectivity index (χ4v) is 10.7. The fourth-order valence-electron chi connectivity index (χ4n) is 10.7. The van der Waals surface area contributed by atoms with Gasteiger partial charge < -0.3 is 9.32 Å². The number of benzene rings is 9. The summed E-state index contributed by atoms with van der Waals surface area (Å²) in [5.74, 6) is 0. The van der Waals surface area contributed by atoms with E-state index in [0.717, 1.165) is 61.3 Å². The van der Waals surface area contributed by atoms with Crippen molar-refractivity contribution in [3.05, 3.63) is 234 Å². The molecule has 0 aliphatic heterocycles. The van der Waals surface area contributed by atoms with Crippen molar-refractivity contribution in [1.82, 2.24) is 0 Å². The molecular weight excluding hydrogens is 739 g/mol. The van der Waals surface area contributed by atoms with Gasteiger partial charge in [0.05, 0.1) is 0 Å². The van der Waals surface area contributed by atoms with Crippen LogP contribution >= 0.6 is 0 Å². The lowest BCUT2D eigenvalue weighted by molar-refractivity contribution is 0.660. The molecule has 0 spiro atoms. The van der Waals surface area contributed by atoms with Crippen LogP contribution in [0.2, 0.25) is 0 Å². The van der Waals surface area contributed by atoms with Crippen LogP contribution in [0.3, 0.4) is 0 Å². The van der Waals surface area contributed by atoms with E-state index in [1.54, 1.807) is 0 Å². The third-order valence-corrected chi connectivity index (χ3v) is 13.8. The maximum absolute atomic E-state index is 6.96. The Kier molecular flexibility index (Phi) is 7.74. The molecule has 0 saturated carbocycles. The number of anilines is 3. The predicted octanol–water partition coefficient (Wildman–Crippen LogP) is 16.0. The molecule has 9 aromatic carbocycles. The van der Waals surface area contributed by atoms with E-state index in [-0.39, 0.29) is 10.8 Å². The standard InChI is InChI=1S/C59H43NO/c1-58(2)52-24-10-7-17-46(52)49-36-35-43(37-55(49)58)60(41-15-5-4-6-16-41)42-33-29-39(30-34-42)45-21-14-23-51-50-22-13-20-44(56(50)61-57(45)51)38-27-31-40(32-28-38)59(3)53-25-11-8-18-47(53)48-19-9-12-26-54(48)59/h4-37H,1-3H3. The monoisotopic (exact) mass is 781 g/mol. The first-order valence-electron chi connectivity index (χ1n) is 21.3. The Balaban J connectivity index is 0.910. The summed E-state index contributed by atoms with van der Waals surface area (Å²) < 4.78 is 6.96. The summed E-state index contributed by atoms with van der Waals surface area (Å²) in [6.45, 7) is 7.05. The zero-order valence-electron chi connectivity index (χ0n) is 34.5. The summed E-state index contributed by atoms with van der Waals surface area (Å²) in [5.41, 5.74) is 21.3. The van der Waals surface area contributed by atoms with Gasteiger partial charge in [0, 0.05) is 49.8 Å². The number of rotatable bonds is 6. The summed E-state index contributed by atoms with van der Waals surface area (Å²) in [7, 11) is 0. The molecule has 0 atom stereocenters. The molecule has 0 bridgehead atoms. The number of hydrogen-bond acceptors (Lipinski definition) is 2. The van der Waals surface area contributed by atoms with Gasteiger partial charge in [0.2, 0.25) is 0 Å². The Bertz CT molecular complexity index is 3290. The molecule has 0 saturated heterocycles. The van der Waals surface area contributed by atoms with E-state index in [1.807, 2.05) is 0 Å². The van der Waals surface area contributed by atoms with E-state index in [9.17, 15) is 0 Å². The van der Waals surface area contributed by atoms with Crippen molar-refractivity contribution in [3.8, 4) is 44.5 Å². The highest BCUT2D eigenvalue weighted by atomic mass is 16.3. The lowest BCUT2D eigenvalue weighted by atomic mass is 9.74. The lowest BCUT2D eigenvalue weighted by Crippen LogP contribution is -2.22. The molecule has 2 aliphatic rings. The molecule has 0 amide bonds. The first kappa shape index (κ1) is 35.5. The highest BCUT2D eigenvalue weighted by Crippen LogP contribution is 2.53. The number of furan rings is 1. The van der Waals surface area contributed by atoms with Gasteiger partial charge in [0.25, 0.3) is 0 Å². The normalized spacial score (nSPS) is 14.1. The third kappa shape index (κ3) is 5.22. The molecule has 10 aromatic rings. The van der Waals surface area contributed by atoms with Gasteiger partial charge in [-0.3, -0.25) is 0 Å². The topological polar surface area (TPSA) is 16.4 Å². The van der Waals surface area contributed by atoms with Crippen LogP contribution in [0.15, 0.2) is 211 Å². The maximum atomic E-state index is 6.96. The summed E-state index contributed by atoms with van der Waals surface area (Å²) >= 11 is 0. The lowest BCUT2D eigenvalue weighted by Gasteiger charge is -2.28. The third-order valence-electron chi connectivity index (χ3n) is 13.8. The van der Waals surface area contributed by atoms with Gasteiger partial charge >= 0.3 is 0 Å². The number of fused-ring (bicyclic) bond motifs is 9. The molecule has 1 aromatic heterocycles. The van der Waals surface area contributed by atoms with Crippen molar-refractivity contribution in [2.24, 2.45) is 0 Å². The maximum Gasteiger partial charge on any atom is 0.143 e. The van der Waals surface area contributed by atoms with Crippen molar-refractivity contribution >= 4 is 39.0 Å². The molecule has 0 N–H and O–H groups in total. The summed E-state index contributed by atoms with van der Waals surface area (Å²) in [5, 5.41) is 2.24. The zero-order chi connectivity index (χ0) is 40.9. The van der Waals surface area contributed by atoms with E-state index in [1.165, 1.54) is 50.1 Å². The average Bonchev–Trinajstić information content (AvgIpc) is 3.91. The highest BCUT2D eigenvalue weighted by Gasteiger charge is 2.40. The number of para-hydroxylation sites is 3. The smallest absolute Gasteiger partial charge is 0.143 e. The van der Waals surface area contributed by atoms with Crippen molar-refractivity contribution in [3.63, 3.8) is 0 Å². The predicted molar refractivity (Wildman–Crippen MR) is 254 cm³/mol. The second kappa shape index (κ2) is 13.3. The van der Waals surface area contributed by atoms with Gasteiger partial charge in [-0.1, -0.05) is 184 Å². The van der Waals surface area contributed by atoms with Crippen LogP contribution in [0.25, 0.3) is 66.4 Å². The Morgan fingerprint density at radius 2 is 0.787 bits per heavy atom. The minimum absolute atomic E-state index is 0.0869. The van der Waals surface area contributed by atoms with Crippen LogP contribution in [0.4, 0.5) is 17.1 Å². The highest BCUT2D eigenvalue weighted by molar-refractivity contribution is 6.13. The Hall–Kier alpha value is -7.42. The summed E-state index contributed by atoms with van der Waals surface area (Å²) in [6.07, 6.45) is 0. The van der Waals surface area contributed by atoms with Gasteiger partial charge in [-0.2, -0.15) is 0 Å². The average molecular weight is 782 g/mol. The molecule has 12 rings (SSSR count). The Morgan fingerprint density at radius 3 is 1.38 bits per heavy atom. The van der Waals surface area contributed by atoms with E-state index in [2.05, 4.69) is 232 Å². The van der Waals surface area contributed by atoms with Crippen LogP contribution in [-0.2, 0) is 10.8 Å². The summed E-state index contributed by atoms with van der Waals surface area (Å²) in [4.78, 5) is 2.37. The van der Waals surface area contributed by atoms with Crippen molar-refractivity contribution in [1.29, 1.82) is 0 Å². The molecule has 2 heteroatoms. The van der Waals surface area contributed by atoms with Gasteiger partial charge in [0.15, 0.2) is 0 Å². The molecule has 1 heterocycles. The van der Waals surface area contributed by atoms with E-state index in [0.29, 0.717) is 0 Å². The molecular formula is C59H43NO. The zero-order valence-corrected chi connectivity index (χ0v) is 34.5. The first-order chi connectivity index (χ1) is 29.9. The Morgan fingerprint density at radius 1 is 0.344 bits per heavy atom. The van der Waals surface area contributed by atoms with Crippen LogP contribution in [-0.4, -0.2) is 0 Å². The molecule has 2 aliphatic carbocycles. The van der Waals surface area contributed by atoms with Crippen molar-refractivity contribution in [2.75, 3.05) is 4.90 Å². The largest absolute Gasteiger partial charge is 0.455 e. The van der Waals surface area contributed by atoms with E-state index < -0.39 is 0 Å². The van der Waals surface area contributed by atoms with Crippen LogP contribution in [0.1, 0.15) is 48.6 Å². The molecule has 61 heavy (non-hydrogen) atoms. The number of nitrogens with zero attached hydrogens (tertiary/aromatic N) is 1. The second-order valence-corrected chi connectivity index (χ2v) is 17.4. The van der Waals surface area contributed by atoms with E-state index >= 15 is 0 Å². The van der Waals surface area contributed by atoms with Crippen LogP contribution in [0, 0.1) is 0 Å². The van der Waals surface area contributed by atoms with Crippen LogP contribution in [0.5, 0.6) is 0 Å². The second-order valence-electron chi connectivity index (χ2n) is 17.4. The van der Waals surface area contributed by atoms with Crippen molar-refractivity contribution in [2.45, 2.75) is 31.6 Å². The minimum Gasteiger partial charge on any atom is -0.455 e. The van der Waals surface area contributed by atoms with E-state index in [4.69, 9.17) is 4.42 Å². The Labute approximate surface area is 357 Å². The first-order valence-corrected chi connectivity index (χ1v) is 21.3. The molecule has 2 nitrogen and oxygen atoms in total. The number of hydrogen-bond donors (Lipinski definition) is 0. The molecule has 0 fully saturated rings. The van der Waals surface area contributed by atoms with Gasteiger partial charge in [-0.05, 0) is 105 Å². The van der Waals surface area contributed by atoms with Crippen molar-refractivity contribution < 1.29 is 4.42 Å². The molecule has 0 radical (unpaired) electrons.